The molecule has 0 unspecified atom stereocenters. The van der Waals surface area contributed by atoms with E-state index in [2.05, 4.69) is 10.3 Å². The zero-order valence-electron chi connectivity index (χ0n) is 12.8. The summed E-state index contributed by atoms with van der Waals surface area (Å²) in [5.74, 6) is 2.13. The lowest BCUT2D eigenvalue weighted by Gasteiger charge is -2.20. The van der Waals surface area contributed by atoms with Gasteiger partial charge < -0.3 is 20.5 Å². The molecule has 3 N–H and O–H groups in total. The van der Waals surface area contributed by atoms with Gasteiger partial charge in [-0.3, -0.25) is 4.99 Å². The smallest absolute Gasteiger partial charge is 0.188 e. The zero-order valence-corrected chi connectivity index (χ0v) is 12.8. The van der Waals surface area contributed by atoms with Crippen LogP contribution in [0.5, 0.6) is 11.5 Å². The van der Waals surface area contributed by atoms with Gasteiger partial charge in [-0.05, 0) is 45.0 Å². The highest BCUT2D eigenvalue weighted by Gasteiger charge is 2.09. The molecule has 0 aliphatic carbocycles. The Hall–Kier alpha value is -1.91. The fourth-order valence-corrected chi connectivity index (χ4v) is 1.55. The number of nitrogens with one attached hydrogen (secondary N) is 1. The summed E-state index contributed by atoms with van der Waals surface area (Å²) in [7, 11) is 1.64. The number of nitrogens with zero attached hydrogens (tertiary/aromatic N) is 1. The third kappa shape index (κ3) is 6.87. The van der Waals surface area contributed by atoms with Crippen molar-refractivity contribution in [3.8, 4) is 11.5 Å². The molecule has 0 aliphatic rings. The second-order valence-electron chi connectivity index (χ2n) is 5.52. The number of methoxy groups -OCH3 is 1. The summed E-state index contributed by atoms with van der Waals surface area (Å²) in [6.07, 6.45) is 0.818. The highest BCUT2D eigenvalue weighted by atomic mass is 16.5. The molecule has 1 rings (SSSR count). The van der Waals surface area contributed by atoms with Crippen LogP contribution >= 0.6 is 0 Å². The molecule has 5 heteroatoms. The molecule has 0 fully saturated rings. The SMILES string of the molecule is COc1ccc(OCCCN=C(N)NC(C)(C)C)cc1. The molecular weight excluding hydrogens is 254 g/mol. The number of ether oxygens (including phenoxy) is 2. The van der Waals surface area contributed by atoms with Gasteiger partial charge in [0.1, 0.15) is 11.5 Å². The third-order valence-corrected chi connectivity index (χ3v) is 2.42. The summed E-state index contributed by atoms with van der Waals surface area (Å²) in [6.45, 7) is 7.39. The van der Waals surface area contributed by atoms with E-state index in [0.717, 1.165) is 17.9 Å². The summed E-state index contributed by atoms with van der Waals surface area (Å²) in [4.78, 5) is 4.25. The molecule has 0 amide bonds. The van der Waals surface area contributed by atoms with E-state index in [0.29, 0.717) is 19.1 Å². The van der Waals surface area contributed by atoms with Crippen LogP contribution < -0.4 is 20.5 Å². The molecule has 0 atom stereocenters. The van der Waals surface area contributed by atoms with E-state index in [1.165, 1.54) is 0 Å². The minimum Gasteiger partial charge on any atom is -0.497 e. The highest BCUT2D eigenvalue weighted by molar-refractivity contribution is 5.78. The van der Waals surface area contributed by atoms with Crippen molar-refractivity contribution in [2.45, 2.75) is 32.7 Å². The van der Waals surface area contributed by atoms with Crippen molar-refractivity contribution >= 4 is 5.96 Å². The van der Waals surface area contributed by atoms with Crippen LogP contribution in [-0.4, -0.2) is 31.8 Å². The van der Waals surface area contributed by atoms with Crippen LogP contribution in [0.25, 0.3) is 0 Å². The standard InChI is InChI=1S/C15H25N3O2/c1-15(2,3)18-14(16)17-10-5-11-20-13-8-6-12(19-4)7-9-13/h6-9H,5,10-11H2,1-4H3,(H3,16,17,18). The number of guanidine groups is 1. The van der Waals surface area contributed by atoms with Gasteiger partial charge in [0, 0.05) is 18.5 Å². The van der Waals surface area contributed by atoms with Crippen molar-refractivity contribution in [2.24, 2.45) is 10.7 Å². The monoisotopic (exact) mass is 279 g/mol. The molecular formula is C15H25N3O2. The van der Waals surface area contributed by atoms with E-state index in [-0.39, 0.29) is 5.54 Å². The molecule has 0 aromatic heterocycles. The molecule has 0 saturated carbocycles. The first-order chi connectivity index (χ1) is 9.40. The van der Waals surface area contributed by atoms with E-state index in [4.69, 9.17) is 15.2 Å². The van der Waals surface area contributed by atoms with Crippen molar-refractivity contribution in [1.82, 2.24) is 5.32 Å². The number of nitrogens with two attached hydrogens (primary N) is 1. The van der Waals surface area contributed by atoms with Gasteiger partial charge in [-0.1, -0.05) is 0 Å². The van der Waals surface area contributed by atoms with Crippen molar-refractivity contribution in [2.75, 3.05) is 20.3 Å². The van der Waals surface area contributed by atoms with Crippen molar-refractivity contribution in [3.63, 3.8) is 0 Å². The van der Waals surface area contributed by atoms with Gasteiger partial charge in [-0.25, -0.2) is 0 Å². The number of rotatable bonds is 6. The summed E-state index contributed by atoms with van der Waals surface area (Å²) in [5.41, 5.74) is 5.71. The summed E-state index contributed by atoms with van der Waals surface area (Å²) in [6, 6.07) is 7.52. The van der Waals surface area contributed by atoms with Crippen LogP contribution in [0.1, 0.15) is 27.2 Å². The van der Waals surface area contributed by atoms with E-state index in [1.54, 1.807) is 7.11 Å². The minimum atomic E-state index is -0.0623. The molecule has 0 radical (unpaired) electrons. The summed E-state index contributed by atoms with van der Waals surface area (Å²) < 4.78 is 10.7. The quantitative estimate of drug-likeness (QED) is 0.476. The Morgan fingerprint density at radius 2 is 1.80 bits per heavy atom. The van der Waals surface area contributed by atoms with Gasteiger partial charge in [0.05, 0.1) is 13.7 Å². The molecule has 20 heavy (non-hydrogen) atoms. The van der Waals surface area contributed by atoms with Crippen molar-refractivity contribution in [3.05, 3.63) is 24.3 Å². The van der Waals surface area contributed by atoms with Gasteiger partial charge in [-0.2, -0.15) is 0 Å². The Balaban J connectivity index is 2.22. The normalized spacial score (nSPS) is 12.1. The van der Waals surface area contributed by atoms with E-state index in [9.17, 15) is 0 Å². The van der Waals surface area contributed by atoms with Gasteiger partial charge >= 0.3 is 0 Å². The number of aliphatic imine (C=N–C) groups is 1. The van der Waals surface area contributed by atoms with E-state index >= 15 is 0 Å². The molecule has 5 nitrogen and oxygen atoms in total. The van der Waals surface area contributed by atoms with Gasteiger partial charge in [0.2, 0.25) is 0 Å². The van der Waals surface area contributed by atoms with Gasteiger partial charge in [0.15, 0.2) is 5.96 Å². The molecule has 1 aromatic rings. The maximum absolute atomic E-state index is 5.77. The van der Waals surface area contributed by atoms with E-state index in [1.807, 2.05) is 45.0 Å². The van der Waals surface area contributed by atoms with Gasteiger partial charge in [0.25, 0.3) is 0 Å². The van der Waals surface area contributed by atoms with Crippen LogP contribution in [-0.2, 0) is 0 Å². The molecule has 1 aromatic carbocycles. The molecule has 0 bridgehead atoms. The molecule has 0 heterocycles. The second kappa shape index (κ2) is 7.62. The highest BCUT2D eigenvalue weighted by Crippen LogP contribution is 2.16. The molecule has 0 aliphatic heterocycles. The first-order valence-corrected chi connectivity index (χ1v) is 6.76. The number of hydrogen-bond acceptors (Lipinski definition) is 3. The Kier molecular flexibility index (Phi) is 6.15. The summed E-state index contributed by atoms with van der Waals surface area (Å²) >= 11 is 0. The second-order valence-corrected chi connectivity index (χ2v) is 5.52. The van der Waals surface area contributed by atoms with Crippen molar-refractivity contribution in [1.29, 1.82) is 0 Å². The van der Waals surface area contributed by atoms with Crippen LogP contribution in [0.4, 0.5) is 0 Å². The Labute approximate surface area is 121 Å². The third-order valence-electron chi connectivity index (χ3n) is 2.42. The topological polar surface area (TPSA) is 68.9 Å². The molecule has 0 spiro atoms. The maximum Gasteiger partial charge on any atom is 0.188 e. The lowest BCUT2D eigenvalue weighted by molar-refractivity contribution is 0.312. The fraction of sp³-hybridized carbons (Fsp3) is 0.533. The van der Waals surface area contributed by atoms with Crippen molar-refractivity contribution < 1.29 is 9.47 Å². The average Bonchev–Trinajstić information content (AvgIpc) is 2.37. The van der Waals surface area contributed by atoms with Crippen LogP contribution in [0.15, 0.2) is 29.3 Å². The maximum atomic E-state index is 5.77. The van der Waals surface area contributed by atoms with Crippen LogP contribution in [0.2, 0.25) is 0 Å². The largest absolute Gasteiger partial charge is 0.497 e. The predicted octanol–water partition coefficient (Wildman–Crippen LogP) is 2.17. The number of benzene rings is 1. The lowest BCUT2D eigenvalue weighted by atomic mass is 10.1. The Morgan fingerprint density at radius 3 is 2.35 bits per heavy atom. The summed E-state index contributed by atoms with van der Waals surface area (Å²) in [5, 5.41) is 3.11. The van der Waals surface area contributed by atoms with E-state index < -0.39 is 0 Å². The number of hydrogen-bond donors (Lipinski definition) is 2. The van der Waals surface area contributed by atoms with Crippen LogP contribution in [0.3, 0.4) is 0 Å². The molecule has 0 saturated heterocycles. The predicted molar refractivity (Wildman–Crippen MR) is 82.5 cm³/mol. The lowest BCUT2D eigenvalue weighted by Crippen LogP contribution is -2.45. The minimum absolute atomic E-state index is 0.0623. The first-order valence-electron chi connectivity index (χ1n) is 6.76. The Bertz CT molecular complexity index is 422. The zero-order chi connectivity index (χ0) is 15.0. The molecule has 112 valence electrons. The average molecular weight is 279 g/mol. The van der Waals surface area contributed by atoms with Crippen LogP contribution in [0, 0.1) is 0 Å². The fourth-order valence-electron chi connectivity index (χ4n) is 1.55. The van der Waals surface area contributed by atoms with Gasteiger partial charge in [-0.15, -0.1) is 0 Å². The Morgan fingerprint density at radius 1 is 1.20 bits per heavy atom. The first kappa shape index (κ1) is 16.1.